The van der Waals surface area contributed by atoms with Crippen LogP contribution in [0.15, 0.2) is 60.7 Å². The lowest BCUT2D eigenvalue weighted by Crippen LogP contribution is -2.59. The van der Waals surface area contributed by atoms with E-state index >= 15 is 0 Å². The second-order valence-electron chi connectivity index (χ2n) is 8.27. The van der Waals surface area contributed by atoms with Gasteiger partial charge in [-0.1, -0.05) is 73.5 Å². The highest BCUT2D eigenvalue weighted by atomic mass is 32.2. The van der Waals surface area contributed by atoms with Gasteiger partial charge in [0.05, 0.1) is 11.5 Å². The molecule has 1 fully saturated rings. The molecule has 1 saturated carbocycles. The number of carbonyl (C=O) groups excluding carboxylic acids is 2. The van der Waals surface area contributed by atoms with Crippen LogP contribution in [0.1, 0.15) is 43.2 Å². The molecular weight excluding hydrogens is 426 g/mol. The zero-order valence-electron chi connectivity index (χ0n) is 18.2. The predicted molar refractivity (Wildman–Crippen MR) is 125 cm³/mol. The molecule has 0 atom stereocenters. The van der Waals surface area contributed by atoms with Gasteiger partial charge in [0.2, 0.25) is 5.91 Å². The van der Waals surface area contributed by atoms with Gasteiger partial charge in [-0.3, -0.25) is 4.79 Å². The minimum absolute atomic E-state index is 0.000163. The Balaban J connectivity index is 1.45. The van der Waals surface area contributed by atoms with Crippen molar-refractivity contribution in [2.24, 2.45) is 0 Å². The van der Waals surface area contributed by atoms with E-state index in [-0.39, 0.29) is 30.0 Å². The second-order valence-corrected chi connectivity index (χ2v) is 10.5. The van der Waals surface area contributed by atoms with E-state index < -0.39 is 15.4 Å². The number of sulfone groups is 1. The van der Waals surface area contributed by atoms with Crippen molar-refractivity contribution in [3.8, 4) is 0 Å². The van der Waals surface area contributed by atoms with Crippen molar-refractivity contribution >= 4 is 21.8 Å². The normalized spacial score (nSPS) is 15.1. The zero-order valence-corrected chi connectivity index (χ0v) is 19.0. The molecule has 8 heteroatoms. The summed E-state index contributed by atoms with van der Waals surface area (Å²) in [6.45, 7) is 0.631. The smallest absolute Gasteiger partial charge is 0.315 e. The molecule has 32 heavy (non-hydrogen) atoms. The lowest BCUT2D eigenvalue weighted by Gasteiger charge is -2.29. The van der Waals surface area contributed by atoms with Gasteiger partial charge in [-0.25, -0.2) is 13.2 Å². The summed E-state index contributed by atoms with van der Waals surface area (Å²) in [6, 6.07) is 18.2. The van der Waals surface area contributed by atoms with Gasteiger partial charge in [0.15, 0.2) is 9.84 Å². The van der Waals surface area contributed by atoms with E-state index in [1.54, 1.807) is 12.1 Å². The number of benzene rings is 2. The Labute approximate surface area is 189 Å². The lowest BCUT2D eigenvalue weighted by molar-refractivity contribution is -0.127. The molecule has 2 aromatic rings. The Hall–Kier alpha value is -2.87. The molecule has 0 unspecified atom stereocenters. The van der Waals surface area contributed by atoms with Crippen LogP contribution in [0, 0.1) is 0 Å². The maximum absolute atomic E-state index is 12.9. The van der Waals surface area contributed by atoms with Crippen molar-refractivity contribution in [2.45, 2.75) is 49.9 Å². The Bertz CT molecular complexity index is 988. The molecule has 0 spiro atoms. The monoisotopic (exact) mass is 457 g/mol. The van der Waals surface area contributed by atoms with Gasteiger partial charge in [0.1, 0.15) is 5.54 Å². The van der Waals surface area contributed by atoms with Crippen LogP contribution in [-0.2, 0) is 26.9 Å². The van der Waals surface area contributed by atoms with Gasteiger partial charge in [-0.15, -0.1) is 0 Å². The number of amides is 3. The molecule has 0 aromatic heterocycles. The highest BCUT2D eigenvalue weighted by Crippen LogP contribution is 2.30. The number of urea groups is 1. The number of hydrogen-bond acceptors (Lipinski definition) is 4. The number of hydrogen-bond donors (Lipinski definition) is 3. The van der Waals surface area contributed by atoms with Crippen molar-refractivity contribution in [1.82, 2.24) is 16.0 Å². The summed E-state index contributed by atoms with van der Waals surface area (Å²) >= 11 is 0. The third-order valence-electron chi connectivity index (χ3n) is 5.69. The summed E-state index contributed by atoms with van der Waals surface area (Å²) in [5, 5.41) is 8.51. The highest BCUT2D eigenvalue weighted by Gasteiger charge is 2.42. The van der Waals surface area contributed by atoms with Gasteiger partial charge < -0.3 is 16.0 Å². The summed E-state index contributed by atoms with van der Waals surface area (Å²) < 4.78 is 24.6. The van der Waals surface area contributed by atoms with E-state index in [0.717, 1.165) is 24.0 Å². The number of carbonyl (C=O) groups is 2. The van der Waals surface area contributed by atoms with Gasteiger partial charge in [-0.2, -0.15) is 0 Å². The van der Waals surface area contributed by atoms with Gasteiger partial charge in [-0.05, 0) is 30.4 Å². The molecule has 0 saturated heterocycles. The molecular formula is C24H31N3O4S. The topological polar surface area (TPSA) is 104 Å². The summed E-state index contributed by atoms with van der Waals surface area (Å²) in [7, 11) is -3.25. The van der Waals surface area contributed by atoms with Gasteiger partial charge in [0, 0.05) is 13.1 Å². The Morgan fingerprint density at radius 2 is 1.44 bits per heavy atom. The molecule has 1 aliphatic rings. The second kappa shape index (κ2) is 11.1. The minimum atomic E-state index is -3.25. The fraction of sp³-hybridized carbons (Fsp3) is 0.417. The molecule has 0 bridgehead atoms. The molecule has 0 aliphatic heterocycles. The van der Waals surface area contributed by atoms with Gasteiger partial charge >= 0.3 is 6.03 Å². The summed E-state index contributed by atoms with van der Waals surface area (Å²) in [6.07, 6.45) is 3.20. The maximum atomic E-state index is 12.9. The fourth-order valence-electron chi connectivity index (χ4n) is 3.99. The zero-order chi connectivity index (χ0) is 22.9. The first-order valence-electron chi connectivity index (χ1n) is 11.0. The molecule has 172 valence electrons. The largest absolute Gasteiger partial charge is 0.354 e. The van der Waals surface area contributed by atoms with E-state index in [4.69, 9.17) is 0 Å². The molecule has 3 rings (SSSR count). The Kier molecular flexibility index (Phi) is 8.27. The number of nitrogens with one attached hydrogen (secondary N) is 3. The average molecular weight is 458 g/mol. The van der Waals surface area contributed by atoms with E-state index in [0.29, 0.717) is 25.8 Å². The standard InChI is InChI=1S/C24H31N3O4S/c28-22(25-16-9-17-32(30,31)19-21-12-5-2-6-13-21)24(14-7-8-15-24)27-23(29)26-18-20-10-3-1-4-11-20/h1-6,10-13H,7-9,14-19H2,(H,25,28)(H2,26,27,29). The summed E-state index contributed by atoms with van der Waals surface area (Å²) in [5.41, 5.74) is 0.792. The first kappa shape index (κ1) is 23.8. The van der Waals surface area contributed by atoms with Crippen LogP contribution in [0.4, 0.5) is 4.79 Å². The van der Waals surface area contributed by atoms with Crippen LogP contribution in [0.5, 0.6) is 0 Å². The molecule has 2 aromatic carbocycles. The first-order chi connectivity index (χ1) is 15.4. The van der Waals surface area contributed by atoms with Crippen molar-refractivity contribution in [3.05, 3.63) is 71.8 Å². The van der Waals surface area contributed by atoms with Crippen molar-refractivity contribution < 1.29 is 18.0 Å². The van der Waals surface area contributed by atoms with Crippen LogP contribution in [-0.4, -0.2) is 38.2 Å². The van der Waals surface area contributed by atoms with E-state index in [1.165, 1.54) is 0 Å². The SMILES string of the molecule is O=C(NCc1ccccc1)NC1(C(=O)NCCCS(=O)(=O)Cc2ccccc2)CCCC1. The Morgan fingerprint density at radius 1 is 0.844 bits per heavy atom. The highest BCUT2D eigenvalue weighted by molar-refractivity contribution is 7.90. The fourth-order valence-corrected chi connectivity index (χ4v) is 5.42. The average Bonchev–Trinajstić information content (AvgIpc) is 3.26. The van der Waals surface area contributed by atoms with Crippen LogP contribution in [0.2, 0.25) is 0 Å². The summed E-state index contributed by atoms with van der Waals surface area (Å²) in [4.78, 5) is 25.3. The minimum Gasteiger partial charge on any atom is -0.354 e. The number of rotatable bonds is 10. The lowest BCUT2D eigenvalue weighted by atomic mass is 9.96. The van der Waals surface area contributed by atoms with Crippen molar-refractivity contribution in [2.75, 3.05) is 12.3 Å². The first-order valence-corrected chi connectivity index (χ1v) is 12.8. The van der Waals surface area contributed by atoms with E-state index in [9.17, 15) is 18.0 Å². The molecule has 0 heterocycles. The molecule has 0 radical (unpaired) electrons. The maximum Gasteiger partial charge on any atom is 0.315 e. The van der Waals surface area contributed by atoms with Gasteiger partial charge in [0.25, 0.3) is 0 Å². The predicted octanol–water partition coefficient (Wildman–Crippen LogP) is 2.92. The third-order valence-corrected chi connectivity index (χ3v) is 7.37. The van der Waals surface area contributed by atoms with Crippen LogP contribution in [0.25, 0.3) is 0 Å². The van der Waals surface area contributed by atoms with E-state index in [1.807, 2.05) is 48.5 Å². The molecule has 3 N–H and O–H groups in total. The van der Waals surface area contributed by atoms with Crippen molar-refractivity contribution in [1.29, 1.82) is 0 Å². The molecule has 1 aliphatic carbocycles. The van der Waals surface area contributed by atoms with E-state index in [2.05, 4.69) is 16.0 Å². The van der Waals surface area contributed by atoms with Crippen LogP contribution < -0.4 is 16.0 Å². The van der Waals surface area contributed by atoms with Crippen LogP contribution >= 0.6 is 0 Å². The molecule has 7 nitrogen and oxygen atoms in total. The molecule has 3 amide bonds. The quantitative estimate of drug-likeness (QED) is 0.477. The van der Waals surface area contributed by atoms with Crippen LogP contribution in [0.3, 0.4) is 0 Å². The Morgan fingerprint density at radius 3 is 2.06 bits per heavy atom. The van der Waals surface area contributed by atoms with Crippen molar-refractivity contribution in [3.63, 3.8) is 0 Å². The summed E-state index contributed by atoms with van der Waals surface area (Å²) in [5.74, 6) is -0.250. The third kappa shape index (κ3) is 7.09.